The highest BCUT2D eigenvalue weighted by Gasteiger charge is 2.42. The normalized spacial score (nSPS) is 18.7. The van der Waals surface area contributed by atoms with Gasteiger partial charge in [-0.1, -0.05) is 12.1 Å². The molecule has 2 fully saturated rings. The van der Waals surface area contributed by atoms with Crippen molar-refractivity contribution in [3.8, 4) is 17.2 Å². The Morgan fingerprint density at radius 2 is 1.17 bits per heavy atom. The monoisotopic (exact) mass is 1190 g/mol. The van der Waals surface area contributed by atoms with Crippen molar-refractivity contribution >= 4 is 61.6 Å². The number of guanidine groups is 2. The molecular formula is C57H81N11O13S2. The molecule has 4 amide bonds. The second-order valence-electron chi connectivity index (χ2n) is 23.4. The molecule has 0 spiro atoms. The topological polar surface area (TPSA) is 360 Å². The first-order chi connectivity index (χ1) is 38.8. The van der Waals surface area contributed by atoms with Crippen LogP contribution in [0.4, 0.5) is 0 Å². The number of fused-ring (bicyclic) bond motifs is 2. The molecule has 7 rings (SSSR count). The minimum atomic E-state index is -4.30. The lowest BCUT2D eigenvalue weighted by atomic mass is 9.94. The molecule has 3 aromatic carbocycles. The molecule has 0 radical (unpaired) electrons. The van der Waals surface area contributed by atoms with E-state index in [1.807, 2.05) is 27.7 Å². The third-order valence-electron chi connectivity index (χ3n) is 16.0. The van der Waals surface area contributed by atoms with Crippen LogP contribution in [-0.2, 0) is 63.3 Å². The number of likely N-dealkylation sites (tertiary alicyclic amines) is 1. The van der Waals surface area contributed by atoms with Gasteiger partial charge in [-0.25, -0.2) is 31.1 Å². The van der Waals surface area contributed by atoms with Gasteiger partial charge < -0.3 is 56.5 Å². The molecule has 12 N–H and O–H groups in total. The van der Waals surface area contributed by atoms with Gasteiger partial charge >= 0.3 is 5.97 Å². The first kappa shape index (κ1) is 63.4. The Balaban J connectivity index is 1.06. The van der Waals surface area contributed by atoms with E-state index in [0.717, 1.165) is 11.1 Å². The van der Waals surface area contributed by atoms with E-state index in [1.165, 1.54) is 29.2 Å². The molecule has 0 aliphatic carbocycles. The Bertz CT molecular complexity index is 3290. The molecule has 4 aliphatic rings. The number of carbonyl (C=O) groups excluding carboxylic acids is 4. The number of nitrogens with zero attached hydrogens (tertiary/aromatic N) is 1. The van der Waals surface area contributed by atoms with Crippen LogP contribution in [0.5, 0.6) is 17.2 Å². The number of aromatic hydroxyl groups is 1. The number of carbonyl (C=O) groups is 5. The zero-order valence-corrected chi connectivity index (χ0v) is 50.6. The zero-order valence-electron chi connectivity index (χ0n) is 49.0. The second-order valence-corrected chi connectivity index (χ2v) is 26.7. The van der Waals surface area contributed by atoms with E-state index in [1.54, 1.807) is 41.5 Å². The number of hydrogen-bond acceptors (Lipinski definition) is 15. The molecule has 0 bridgehead atoms. The first-order valence-corrected chi connectivity index (χ1v) is 31.1. The fourth-order valence-electron chi connectivity index (χ4n) is 11.6. The van der Waals surface area contributed by atoms with Crippen LogP contribution in [0.15, 0.2) is 34.1 Å². The molecule has 4 aliphatic heterocycles. The summed E-state index contributed by atoms with van der Waals surface area (Å²) in [5, 5.41) is 53.9. The highest BCUT2D eigenvalue weighted by Crippen LogP contribution is 2.45. The number of phenolic OH excluding ortho intramolecular Hbond substituents is 1. The van der Waals surface area contributed by atoms with Crippen molar-refractivity contribution in [2.45, 2.75) is 191 Å². The maximum absolute atomic E-state index is 14.8. The van der Waals surface area contributed by atoms with Crippen molar-refractivity contribution in [1.29, 1.82) is 10.8 Å². The lowest BCUT2D eigenvalue weighted by Crippen LogP contribution is -2.58. The number of sulfonamides is 2. The van der Waals surface area contributed by atoms with E-state index in [2.05, 4.69) is 41.3 Å². The van der Waals surface area contributed by atoms with Gasteiger partial charge in [0.05, 0.1) is 15.8 Å². The van der Waals surface area contributed by atoms with Gasteiger partial charge in [-0.05, 0) is 178 Å². The summed E-state index contributed by atoms with van der Waals surface area (Å²) in [5.41, 5.74) is 4.35. The van der Waals surface area contributed by atoms with Crippen LogP contribution in [-0.4, -0.2) is 141 Å². The van der Waals surface area contributed by atoms with Crippen LogP contribution >= 0.6 is 0 Å². The number of nitrogens with one attached hydrogen (secondary N) is 10. The summed E-state index contributed by atoms with van der Waals surface area (Å²) in [6.45, 7) is 18.6. The molecule has 26 heteroatoms. The number of hydrogen-bond donors (Lipinski definition) is 12. The molecule has 24 nitrogen and oxygen atoms in total. The van der Waals surface area contributed by atoms with Gasteiger partial charge in [0.25, 0.3) is 20.0 Å². The lowest BCUT2D eigenvalue weighted by molar-refractivity contribution is -0.145. The number of ether oxygens (including phenoxy) is 2. The Morgan fingerprint density at radius 1 is 0.675 bits per heavy atom. The zero-order chi connectivity index (χ0) is 61.1. The van der Waals surface area contributed by atoms with Crippen LogP contribution in [0.25, 0.3) is 0 Å². The molecule has 3 aromatic rings. The van der Waals surface area contributed by atoms with Gasteiger partial charge in [-0.2, -0.15) is 0 Å². The molecular weight excluding hydrogens is 1110 g/mol. The number of phenols is 1. The number of benzene rings is 3. The summed E-state index contributed by atoms with van der Waals surface area (Å²) in [4.78, 5) is 70.8. The summed E-state index contributed by atoms with van der Waals surface area (Å²) < 4.78 is 72.6. The third kappa shape index (κ3) is 14.8. The molecule has 5 atom stereocenters. The standard InChI is InChI=1S/C57H81N11O13S2/c1-30-32(3)47(34(5)38-28-56(7,8)80-45(30)38)82(76,77)66-54(58)61-24-12-16-41(63-49(70)40-15-11-23-60-40)50(71)64-42(52(73)68-26-14-18-44(68)51(72)65-43(53(74)75)27-36-19-21-37(69)22-20-36)17-13-25-62-55(59)67-83(78,79)48-33(4)31(2)46-39(35(48)6)29-57(9,10)81-46/h19-22,40-44,60,69H,11-18,23-29H2,1-10H3,(H,63,70)(H,64,71)(H,65,72)(H,74,75)(H3,58,61,66)(H3,59,62,67)/t40-,41-,42-,43-,44-/m0/s1. The first-order valence-electron chi connectivity index (χ1n) is 28.1. The number of rotatable bonds is 22. The fourth-order valence-corrected chi connectivity index (χ4v) is 14.6. The van der Waals surface area contributed by atoms with Crippen LogP contribution in [0.1, 0.15) is 129 Å². The summed E-state index contributed by atoms with van der Waals surface area (Å²) in [5.74, 6) is -3.80. The average Bonchev–Trinajstić information content (AvgIpc) is 2.26. The smallest absolute Gasteiger partial charge is 0.326 e. The maximum atomic E-state index is 14.8. The van der Waals surface area contributed by atoms with Crippen LogP contribution in [0, 0.1) is 52.4 Å². The Labute approximate surface area is 485 Å². The number of amides is 4. The lowest BCUT2D eigenvalue weighted by Gasteiger charge is -2.30. The molecule has 0 saturated carbocycles. The number of carboxylic acid groups (broad SMARTS) is 1. The van der Waals surface area contributed by atoms with Gasteiger partial charge in [0.1, 0.15) is 52.6 Å². The van der Waals surface area contributed by atoms with Gasteiger partial charge in [0.15, 0.2) is 0 Å². The van der Waals surface area contributed by atoms with Crippen molar-refractivity contribution < 1.29 is 60.5 Å². The quantitative estimate of drug-likeness (QED) is 0.0391. The van der Waals surface area contributed by atoms with E-state index in [-0.39, 0.29) is 73.7 Å². The summed E-state index contributed by atoms with van der Waals surface area (Å²) >= 11 is 0. The van der Waals surface area contributed by atoms with E-state index in [9.17, 15) is 51.0 Å². The molecule has 0 aromatic heterocycles. The van der Waals surface area contributed by atoms with Gasteiger partial charge in [0.2, 0.25) is 35.5 Å². The SMILES string of the molecule is Cc1c(C)c(S(=O)(=O)NC(=N)NCCC[C@H](NC(=O)[C@@H]2CCCN2)C(=O)N[C@@H](CCCNC(=N)NS(=O)(=O)c2c(C)c(C)c3c(c2C)CC(C)(C)O3)C(=O)N2CCC[C@H]2C(=O)N[C@@H](Cc2ccc(O)cc2)C(=O)O)c(C)c2c1OC(C)(C)C2. The van der Waals surface area contributed by atoms with E-state index >= 15 is 0 Å². The molecule has 2 saturated heterocycles. The molecule has 0 unspecified atom stereocenters. The molecule has 454 valence electrons. The number of aliphatic carboxylic acids is 1. The van der Waals surface area contributed by atoms with Crippen molar-refractivity contribution in [3.05, 3.63) is 74.3 Å². The Morgan fingerprint density at radius 3 is 1.65 bits per heavy atom. The van der Waals surface area contributed by atoms with Crippen molar-refractivity contribution in [3.63, 3.8) is 0 Å². The van der Waals surface area contributed by atoms with E-state index in [4.69, 9.17) is 20.3 Å². The summed E-state index contributed by atoms with van der Waals surface area (Å²) in [7, 11) is -8.57. The fraction of sp³-hybridized carbons (Fsp3) is 0.561. The molecule has 83 heavy (non-hydrogen) atoms. The minimum Gasteiger partial charge on any atom is -0.508 e. The van der Waals surface area contributed by atoms with Crippen molar-refractivity contribution in [2.75, 3.05) is 26.2 Å². The van der Waals surface area contributed by atoms with Gasteiger partial charge in [-0.3, -0.25) is 30.0 Å². The van der Waals surface area contributed by atoms with Gasteiger partial charge in [-0.15, -0.1) is 0 Å². The predicted molar refractivity (Wildman–Crippen MR) is 310 cm³/mol. The maximum Gasteiger partial charge on any atom is 0.326 e. The highest BCUT2D eigenvalue weighted by molar-refractivity contribution is 7.90. The van der Waals surface area contributed by atoms with Crippen molar-refractivity contribution in [1.82, 2.24) is 46.2 Å². The van der Waals surface area contributed by atoms with Gasteiger partial charge in [0, 0.05) is 50.0 Å². The van der Waals surface area contributed by atoms with E-state index in [0.29, 0.717) is 89.1 Å². The predicted octanol–water partition coefficient (Wildman–Crippen LogP) is 3.06. The number of carboxylic acids is 1. The minimum absolute atomic E-state index is 0.0257. The summed E-state index contributed by atoms with van der Waals surface area (Å²) in [6, 6.07) is 0.0535. The highest BCUT2D eigenvalue weighted by atomic mass is 32.2. The Kier molecular flexibility index (Phi) is 19.4. The average molecular weight is 1190 g/mol. The van der Waals surface area contributed by atoms with E-state index < -0.39 is 103 Å². The second kappa shape index (κ2) is 25.3. The third-order valence-corrected chi connectivity index (χ3v) is 19.2. The van der Waals surface area contributed by atoms with Crippen LogP contribution in [0.2, 0.25) is 0 Å². The Hall–Kier alpha value is -7.19. The van der Waals surface area contributed by atoms with Crippen molar-refractivity contribution in [2.24, 2.45) is 0 Å². The largest absolute Gasteiger partial charge is 0.508 e. The summed E-state index contributed by atoms with van der Waals surface area (Å²) in [6.07, 6.45) is 2.61. The van der Waals surface area contributed by atoms with Crippen LogP contribution in [0.3, 0.4) is 0 Å². The molecule has 4 heterocycles. The van der Waals surface area contributed by atoms with Crippen LogP contribution < -0.4 is 50.8 Å².